The van der Waals surface area contributed by atoms with E-state index in [1.807, 2.05) is 0 Å². The summed E-state index contributed by atoms with van der Waals surface area (Å²) in [5.74, 6) is -0.302. The first-order valence-corrected chi connectivity index (χ1v) is 10.7. The maximum absolute atomic E-state index is 13.3. The van der Waals surface area contributed by atoms with Gasteiger partial charge in [0.2, 0.25) is 11.2 Å². The van der Waals surface area contributed by atoms with E-state index in [2.05, 4.69) is 10.3 Å². The van der Waals surface area contributed by atoms with Gasteiger partial charge in [0.1, 0.15) is 0 Å². The van der Waals surface area contributed by atoms with E-state index in [1.54, 1.807) is 7.05 Å². The van der Waals surface area contributed by atoms with E-state index in [-0.39, 0.29) is 28.2 Å². The summed E-state index contributed by atoms with van der Waals surface area (Å²) in [4.78, 5) is 16.4. The van der Waals surface area contributed by atoms with Gasteiger partial charge in [-0.05, 0) is 37.3 Å². The minimum atomic E-state index is -3.76. The van der Waals surface area contributed by atoms with Crippen molar-refractivity contribution < 1.29 is 13.2 Å². The minimum absolute atomic E-state index is 0.0207. The van der Waals surface area contributed by atoms with Gasteiger partial charge in [0, 0.05) is 26.2 Å². The van der Waals surface area contributed by atoms with Crippen molar-refractivity contribution in [1.82, 2.24) is 19.2 Å². The number of sulfonamides is 1. The molecule has 0 aromatic carbocycles. The number of nitrogens with one attached hydrogen (secondary N) is 1. The highest BCUT2D eigenvalue weighted by Gasteiger charge is 2.42. The molecular formula is C16H25ClN4O3S. The van der Waals surface area contributed by atoms with Crippen LogP contribution >= 0.6 is 11.6 Å². The third-order valence-electron chi connectivity index (χ3n) is 5.25. The Labute approximate surface area is 153 Å². The highest BCUT2D eigenvalue weighted by Crippen LogP contribution is 2.34. The van der Waals surface area contributed by atoms with E-state index in [0.29, 0.717) is 19.5 Å². The predicted molar refractivity (Wildman–Crippen MR) is 94.7 cm³/mol. The number of imidazole rings is 1. The van der Waals surface area contributed by atoms with E-state index < -0.39 is 10.0 Å². The molecule has 1 aromatic heterocycles. The summed E-state index contributed by atoms with van der Waals surface area (Å²) in [6.07, 6.45) is 7.27. The molecule has 9 heteroatoms. The number of fused-ring (bicyclic) bond motifs is 1. The van der Waals surface area contributed by atoms with Crippen LogP contribution in [0.2, 0.25) is 5.28 Å². The van der Waals surface area contributed by atoms with Crippen molar-refractivity contribution in [3.05, 3.63) is 11.5 Å². The fourth-order valence-corrected chi connectivity index (χ4v) is 5.90. The van der Waals surface area contributed by atoms with Crippen LogP contribution in [0.15, 0.2) is 11.2 Å². The van der Waals surface area contributed by atoms with E-state index >= 15 is 0 Å². The number of hydrogen-bond donors (Lipinski definition) is 1. The maximum Gasteiger partial charge on any atom is 0.260 e. The first-order valence-electron chi connectivity index (χ1n) is 8.89. The summed E-state index contributed by atoms with van der Waals surface area (Å²) < 4.78 is 29.5. The number of rotatable bonds is 2. The molecule has 0 radical (unpaired) electrons. The number of halogens is 1. The zero-order chi connectivity index (χ0) is 18.0. The van der Waals surface area contributed by atoms with Gasteiger partial charge in [-0.2, -0.15) is 4.31 Å². The molecule has 140 valence electrons. The smallest absolute Gasteiger partial charge is 0.260 e. The molecule has 25 heavy (non-hydrogen) atoms. The molecule has 1 aliphatic heterocycles. The number of carbonyl (C=O) groups is 1. The Morgan fingerprint density at radius 1 is 1.20 bits per heavy atom. The second-order valence-corrected chi connectivity index (χ2v) is 9.03. The molecule has 1 saturated carbocycles. The normalized spacial score (nSPS) is 26.7. The third kappa shape index (κ3) is 3.71. The number of hydrogen-bond acceptors (Lipinski definition) is 4. The average Bonchev–Trinajstić information content (AvgIpc) is 3.16. The number of aromatic nitrogens is 2. The van der Waals surface area contributed by atoms with Gasteiger partial charge in [-0.15, -0.1) is 0 Å². The summed E-state index contributed by atoms with van der Waals surface area (Å²) in [7, 11) is -2.17. The van der Waals surface area contributed by atoms with Gasteiger partial charge in [0.15, 0.2) is 5.03 Å². The third-order valence-corrected chi connectivity index (χ3v) is 7.58. The highest BCUT2D eigenvalue weighted by atomic mass is 35.5. The topological polar surface area (TPSA) is 84.3 Å². The van der Waals surface area contributed by atoms with Crippen LogP contribution in [-0.2, 0) is 21.9 Å². The summed E-state index contributed by atoms with van der Waals surface area (Å²) in [5.41, 5.74) is 0. The second kappa shape index (κ2) is 7.63. The van der Waals surface area contributed by atoms with Crippen molar-refractivity contribution in [3.8, 4) is 0 Å². The Bertz CT molecular complexity index is 734. The van der Waals surface area contributed by atoms with Crippen molar-refractivity contribution in [2.75, 3.05) is 13.1 Å². The molecule has 2 fully saturated rings. The molecule has 1 N–H and O–H groups in total. The molecule has 1 aliphatic carbocycles. The lowest BCUT2D eigenvalue weighted by Crippen LogP contribution is -2.47. The van der Waals surface area contributed by atoms with E-state index in [4.69, 9.17) is 11.6 Å². The quantitative estimate of drug-likeness (QED) is 0.838. The van der Waals surface area contributed by atoms with Gasteiger partial charge in [-0.3, -0.25) is 4.79 Å². The molecule has 2 aliphatic rings. The second-order valence-electron chi connectivity index (χ2n) is 6.85. The van der Waals surface area contributed by atoms with E-state index in [9.17, 15) is 13.2 Å². The van der Waals surface area contributed by atoms with Crippen LogP contribution in [0, 0.1) is 5.92 Å². The molecular weight excluding hydrogens is 364 g/mol. The first kappa shape index (κ1) is 18.7. The fraction of sp³-hybridized carbons (Fsp3) is 0.750. The lowest BCUT2D eigenvalue weighted by atomic mass is 10.0. The minimum Gasteiger partial charge on any atom is -0.356 e. The molecule has 2 heterocycles. The van der Waals surface area contributed by atoms with Crippen molar-refractivity contribution in [2.45, 2.75) is 56.0 Å². The molecule has 1 amide bonds. The zero-order valence-corrected chi connectivity index (χ0v) is 16.0. The van der Waals surface area contributed by atoms with Crippen LogP contribution in [0.1, 0.15) is 44.9 Å². The Kier molecular flexibility index (Phi) is 5.70. The van der Waals surface area contributed by atoms with E-state index in [1.165, 1.54) is 15.1 Å². The van der Waals surface area contributed by atoms with Gasteiger partial charge < -0.3 is 9.88 Å². The summed E-state index contributed by atoms with van der Waals surface area (Å²) >= 11 is 5.94. The molecule has 0 bridgehead atoms. The van der Waals surface area contributed by atoms with Crippen molar-refractivity contribution >= 4 is 27.5 Å². The summed E-state index contributed by atoms with van der Waals surface area (Å²) in [5, 5.41) is 3.20. The summed E-state index contributed by atoms with van der Waals surface area (Å²) in [6.45, 7) is 1.10. The Morgan fingerprint density at radius 3 is 2.68 bits per heavy atom. The molecule has 3 rings (SSSR count). The number of carbonyl (C=O) groups excluding carboxylic acids is 1. The predicted octanol–water partition coefficient (Wildman–Crippen LogP) is 1.92. The van der Waals surface area contributed by atoms with Gasteiger partial charge >= 0.3 is 0 Å². The Balaban J connectivity index is 1.97. The van der Waals surface area contributed by atoms with Crippen molar-refractivity contribution in [3.63, 3.8) is 0 Å². The van der Waals surface area contributed by atoms with Gasteiger partial charge in [-0.1, -0.05) is 19.3 Å². The van der Waals surface area contributed by atoms with Gasteiger partial charge in [0.05, 0.1) is 12.1 Å². The Morgan fingerprint density at radius 2 is 1.96 bits per heavy atom. The molecule has 0 spiro atoms. The average molecular weight is 389 g/mol. The van der Waals surface area contributed by atoms with Crippen molar-refractivity contribution in [2.24, 2.45) is 13.0 Å². The molecule has 2 atom stereocenters. The summed E-state index contributed by atoms with van der Waals surface area (Å²) in [6, 6.07) is -0.295. The lowest BCUT2D eigenvalue weighted by Gasteiger charge is -2.31. The van der Waals surface area contributed by atoms with Crippen LogP contribution in [0.25, 0.3) is 0 Å². The van der Waals surface area contributed by atoms with Crippen LogP contribution in [0.4, 0.5) is 0 Å². The van der Waals surface area contributed by atoms with E-state index in [0.717, 1.165) is 38.5 Å². The standard InChI is InChI=1S/C16H25ClN4O3S/c1-20-14(11-19-16(20)17)25(23,24)21-10-5-3-2-4-9-18-15(22)12-7-6-8-13(12)21/h11-13H,2-10H2,1H3,(H,18,22). The number of amides is 1. The maximum atomic E-state index is 13.3. The lowest BCUT2D eigenvalue weighted by molar-refractivity contribution is -0.125. The Hall–Kier alpha value is -1.12. The molecule has 1 saturated heterocycles. The number of nitrogens with zero attached hydrogens (tertiary/aromatic N) is 3. The molecule has 1 aromatic rings. The fourth-order valence-electron chi connectivity index (χ4n) is 3.88. The van der Waals surface area contributed by atoms with Crippen LogP contribution in [0.5, 0.6) is 0 Å². The van der Waals surface area contributed by atoms with Crippen LogP contribution in [0.3, 0.4) is 0 Å². The van der Waals surface area contributed by atoms with Gasteiger partial charge in [0.25, 0.3) is 10.0 Å². The monoisotopic (exact) mass is 388 g/mol. The zero-order valence-electron chi connectivity index (χ0n) is 14.4. The molecule has 7 nitrogen and oxygen atoms in total. The van der Waals surface area contributed by atoms with Crippen molar-refractivity contribution in [1.29, 1.82) is 0 Å². The van der Waals surface area contributed by atoms with Crippen LogP contribution < -0.4 is 5.32 Å². The molecule has 2 unspecified atom stereocenters. The van der Waals surface area contributed by atoms with Gasteiger partial charge in [-0.25, -0.2) is 13.4 Å². The largest absolute Gasteiger partial charge is 0.356 e. The first-order chi connectivity index (χ1) is 11.9. The van der Waals surface area contributed by atoms with Crippen LogP contribution in [-0.4, -0.2) is 47.3 Å². The highest BCUT2D eigenvalue weighted by molar-refractivity contribution is 7.89. The SMILES string of the molecule is Cn1c(S(=O)(=O)N2CCCCCCNC(=O)C3CCCC32)cnc1Cl.